The topological polar surface area (TPSA) is 54.0 Å². The number of anilines is 2. The number of aromatic nitrogens is 1. The second kappa shape index (κ2) is 6.52. The fourth-order valence-corrected chi connectivity index (χ4v) is 2.51. The highest BCUT2D eigenvalue weighted by atomic mass is 32.1. The Morgan fingerprint density at radius 2 is 2.15 bits per heavy atom. The van der Waals surface area contributed by atoms with Gasteiger partial charge in [0, 0.05) is 28.9 Å². The van der Waals surface area contributed by atoms with Crippen LogP contribution in [0, 0.1) is 13.8 Å². The van der Waals surface area contributed by atoms with E-state index in [-0.39, 0.29) is 5.91 Å². The fraction of sp³-hybridized carbons (Fsp3) is 0.333. The van der Waals surface area contributed by atoms with E-state index in [0.29, 0.717) is 13.0 Å². The first-order valence-corrected chi connectivity index (χ1v) is 7.52. The van der Waals surface area contributed by atoms with Crippen molar-refractivity contribution >= 4 is 28.6 Å². The van der Waals surface area contributed by atoms with Crippen molar-refractivity contribution in [1.82, 2.24) is 4.98 Å². The third-order valence-electron chi connectivity index (χ3n) is 2.94. The van der Waals surface area contributed by atoms with E-state index in [1.165, 1.54) is 0 Å². The van der Waals surface area contributed by atoms with Gasteiger partial charge in [0.1, 0.15) is 5.01 Å². The highest BCUT2D eigenvalue weighted by Crippen LogP contribution is 2.21. The average molecular weight is 289 g/mol. The molecule has 4 nitrogen and oxygen atoms in total. The summed E-state index contributed by atoms with van der Waals surface area (Å²) in [7, 11) is 0. The van der Waals surface area contributed by atoms with Crippen molar-refractivity contribution in [2.24, 2.45) is 0 Å². The summed E-state index contributed by atoms with van der Waals surface area (Å²) >= 11 is 1.65. The maximum Gasteiger partial charge on any atom is 0.224 e. The molecule has 1 aromatic carbocycles. The lowest BCUT2D eigenvalue weighted by Gasteiger charge is -2.11. The number of hydrogen-bond donors (Lipinski definition) is 2. The molecule has 0 saturated carbocycles. The molecule has 0 aliphatic rings. The number of nitrogens with zero attached hydrogens (tertiary/aromatic N) is 1. The van der Waals surface area contributed by atoms with Gasteiger partial charge in [-0.1, -0.05) is 13.0 Å². The van der Waals surface area contributed by atoms with Crippen molar-refractivity contribution < 1.29 is 4.79 Å². The number of rotatable bonds is 5. The van der Waals surface area contributed by atoms with E-state index in [1.807, 2.05) is 44.4 Å². The van der Waals surface area contributed by atoms with Gasteiger partial charge in [0.2, 0.25) is 5.91 Å². The molecule has 0 aliphatic heterocycles. The predicted molar refractivity (Wildman–Crippen MR) is 84.3 cm³/mol. The molecule has 0 aliphatic carbocycles. The van der Waals surface area contributed by atoms with Crippen molar-refractivity contribution in [3.05, 3.63) is 39.8 Å². The Hall–Kier alpha value is -1.88. The molecule has 5 heteroatoms. The first-order valence-electron chi connectivity index (χ1n) is 6.64. The summed E-state index contributed by atoms with van der Waals surface area (Å²) in [6, 6.07) is 5.88. The first-order chi connectivity index (χ1) is 9.58. The van der Waals surface area contributed by atoms with Gasteiger partial charge in [-0.05, 0) is 31.5 Å². The zero-order valence-corrected chi connectivity index (χ0v) is 12.8. The molecule has 0 radical (unpaired) electrons. The molecule has 2 N–H and O–H groups in total. The number of hydrogen-bond acceptors (Lipinski definition) is 4. The second-order valence-corrected chi connectivity index (χ2v) is 5.61. The normalized spacial score (nSPS) is 10.3. The molecule has 2 rings (SSSR count). The highest BCUT2D eigenvalue weighted by Gasteiger charge is 2.04. The lowest BCUT2D eigenvalue weighted by Crippen LogP contribution is -2.10. The van der Waals surface area contributed by atoms with Crippen LogP contribution in [0.25, 0.3) is 0 Å². The van der Waals surface area contributed by atoms with Gasteiger partial charge in [0.25, 0.3) is 0 Å². The second-order valence-electron chi connectivity index (χ2n) is 4.67. The SMILES string of the molecule is CCC(=O)Nc1ccc(C)c(NCc2nc(C)cs2)c1. The van der Waals surface area contributed by atoms with Crippen molar-refractivity contribution in [3.8, 4) is 0 Å². The molecular formula is C15H19N3OS. The van der Waals surface area contributed by atoms with E-state index in [9.17, 15) is 4.79 Å². The number of amides is 1. The maximum absolute atomic E-state index is 11.4. The van der Waals surface area contributed by atoms with Crippen molar-refractivity contribution in [1.29, 1.82) is 0 Å². The Balaban J connectivity index is 2.06. The lowest BCUT2D eigenvalue weighted by atomic mass is 10.1. The van der Waals surface area contributed by atoms with Gasteiger partial charge in [-0.2, -0.15) is 0 Å². The molecular weight excluding hydrogens is 270 g/mol. The summed E-state index contributed by atoms with van der Waals surface area (Å²) in [5.74, 6) is 0.0235. The minimum absolute atomic E-state index is 0.0235. The Labute approximate surface area is 123 Å². The number of thiazole rings is 1. The van der Waals surface area contributed by atoms with Gasteiger partial charge in [0.05, 0.1) is 6.54 Å². The quantitative estimate of drug-likeness (QED) is 0.882. The molecule has 0 unspecified atom stereocenters. The van der Waals surface area contributed by atoms with Gasteiger partial charge >= 0.3 is 0 Å². The zero-order chi connectivity index (χ0) is 14.5. The Kier molecular flexibility index (Phi) is 4.74. The van der Waals surface area contributed by atoms with Crippen molar-refractivity contribution in [2.75, 3.05) is 10.6 Å². The van der Waals surface area contributed by atoms with Crippen LogP contribution in [0.4, 0.5) is 11.4 Å². The predicted octanol–water partition coefficient (Wildman–Crippen LogP) is 3.72. The minimum atomic E-state index is 0.0235. The van der Waals surface area contributed by atoms with Crippen LogP contribution in [0.1, 0.15) is 29.6 Å². The van der Waals surface area contributed by atoms with Crippen LogP contribution in [0.3, 0.4) is 0 Å². The molecule has 0 bridgehead atoms. The van der Waals surface area contributed by atoms with Gasteiger partial charge < -0.3 is 10.6 Å². The van der Waals surface area contributed by atoms with Gasteiger partial charge in [-0.15, -0.1) is 11.3 Å². The molecule has 20 heavy (non-hydrogen) atoms. The van der Waals surface area contributed by atoms with Crippen LogP contribution in [-0.4, -0.2) is 10.9 Å². The summed E-state index contributed by atoms with van der Waals surface area (Å²) in [6.07, 6.45) is 0.481. The zero-order valence-electron chi connectivity index (χ0n) is 12.0. The van der Waals surface area contributed by atoms with Crippen molar-refractivity contribution in [2.45, 2.75) is 33.7 Å². The summed E-state index contributed by atoms with van der Waals surface area (Å²) in [5.41, 5.74) is 4.03. The molecule has 2 aromatic rings. The van der Waals surface area contributed by atoms with Crippen LogP contribution in [-0.2, 0) is 11.3 Å². The van der Waals surface area contributed by atoms with Crippen LogP contribution >= 0.6 is 11.3 Å². The van der Waals surface area contributed by atoms with Gasteiger partial charge in [-0.25, -0.2) is 4.98 Å². The summed E-state index contributed by atoms with van der Waals surface area (Å²) < 4.78 is 0. The van der Waals surface area contributed by atoms with Gasteiger partial charge in [-0.3, -0.25) is 4.79 Å². The van der Waals surface area contributed by atoms with E-state index in [0.717, 1.165) is 27.6 Å². The highest BCUT2D eigenvalue weighted by molar-refractivity contribution is 7.09. The van der Waals surface area contributed by atoms with E-state index < -0.39 is 0 Å². The number of aryl methyl sites for hydroxylation is 2. The number of carbonyl (C=O) groups is 1. The van der Waals surface area contributed by atoms with Crippen LogP contribution in [0.2, 0.25) is 0 Å². The molecule has 0 spiro atoms. The molecule has 0 saturated heterocycles. The molecule has 1 heterocycles. The molecule has 0 fully saturated rings. The van der Waals surface area contributed by atoms with Crippen LogP contribution in [0.15, 0.2) is 23.6 Å². The third kappa shape index (κ3) is 3.81. The van der Waals surface area contributed by atoms with Gasteiger partial charge in [0.15, 0.2) is 0 Å². The van der Waals surface area contributed by atoms with Crippen molar-refractivity contribution in [3.63, 3.8) is 0 Å². The fourth-order valence-electron chi connectivity index (χ4n) is 1.79. The number of carbonyl (C=O) groups excluding carboxylic acids is 1. The smallest absolute Gasteiger partial charge is 0.224 e. The van der Waals surface area contributed by atoms with E-state index in [1.54, 1.807) is 11.3 Å². The maximum atomic E-state index is 11.4. The minimum Gasteiger partial charge on any atom is -0.378 e. The Morgan fingerprint density at radius 1 is 1.35 bits per heavy atom. The Bertz CT molecular complexity index is 607. The molecule has 1 amide bonds. The molecule has 1 aromatic heterocycles. The number of nitrogens with one attached hydrogen (secondary N) is 2. The van der Waals surface area contributed by atoms with Crippen LogP contribution in [0.5, 0.6) is 0 Å². The molecule has 106 valence electrons. The monoisotopic (exact) mass is 289 g/mol. The summed E-state index contributed by atoms with van der Waals surface area (Å²) in [4.78, 5) is 15.8. The molecule has 0 atom stereocenters. The largest absolute Gasteiger partial charge is 0.378 e. The standard InChI is InChI=1S/C15H19N3OS/c1-4-14(19)18-12-6-5-10(2)13(7-12)16-8-15-17-11(3)9-20-15/h5-7,9,16H,4,8H2,1-3H3,(H,18,19). The third-order valence-corrected chi connectivity index (χ3v) is 3.91. The summed E-state index contributed by atoms with van der Waals surface area (Å²) in [6.45, 7) is 6.57. The van der Waals surface area contributed by atoms with E-state index in [2.05, 4.69) is 15.6 Å². The number of benzene rings is 1. The Morgan fingerprint density at radius 3 is 2.80 bits per heavy atom. The first kappa shape index (κ1) is 14.5. The lowest BCUT2D eigenvalue weighted by molar-refractivity contribution is -0.115. The van der Waals surface area contributed by atoms with E-state index >= 15 is 0 Å². The van der Waals surface area contributed by atoms with E-state index in [4.69, 9.17) is 0 Å². The summed E-state index contributed by atoms with van der Waals surface area (Å²) in [5, 5.41) is 9.34. The van der Waals surface area contributed by atoms with Crippen LogP contribution < -0.4 is 10.6 Å². The average Bonchev–Trinajstić information content (AvgIpc) is 2.85.